The Morgan fingerprint density at radius 1 is 1.24 bits per heavy atom. The van der Waals surface area contributed by atoms with Crippen molar-refractivity contribution < 1.29 is 19.1 Å². The zero-order valence-electron chi connectivity index (χ0n) is 11.2. The van der Waals surface area contributed by atoms with E-state index in [9.17, 15) is 9.59 Å². The van der Waals surface area contributed by atoms with E-state index in [2.05, 4.69) is 0 Å². The minimum Gasteiger partial charge on any atom is -0.466 e. The van der Waals surface area contributed by atoms with Crippen LogP contribution in [-0.4, -0.2) is 24.1 Å². The third-order valence-corrected chi connectivity index (χ3v) is 2.93. The van der Waals surface area contributed by atoms with Crippen LogP contribution in [0, 0.1) is 5.41 Å². The van der Waals surface area contributed by atoms with Crippen molar-refractivity contribution in [3.63, 3.8) is 0 Å². The third kappa shape index (κ3) is 3.72. The molecule has 0 aliphatic heterocycles. The van der Waals surface area contributed by atoms with Gasteiger partial charge in [-0.15, -0.1) is 0 Å². The Morgan fingerprint density at radius 3 is 2.18 bits per heavy atom. The molecule has 4 nitrogen and oxygen atoms in total. The van der Waals surface area contributed by atoms with Crippen LogP contribution in [0.5, 0.6) is 0 Å². The van der Waals surface area contributed by atoms with Crippen molar-refractivity contribution >= 4 is 11.9 Å². The van der Waals surface area contributed by atoms with Crippen molar-refractivity contribution in [2.24, 2.45) is 5.41 Å². The van der Waals surface area contributed by atoms with Gasteiger partial charge in [0.05, 0.1) is 18.4 Å². The molecular formula is C13H22O4. The largest absolute Gasteiger partial charge is 0.466 e. The van der Waals surface area contributed by atoms with E-state index in [0.717, 1.165) is 19.3 Å². The fraction of sp³-hybridized carbons (Fsp3) is 0.846. The number of hydrogen-bond donors (Lipinski definition) is 0. The standard InChI is InChI=1S/C13H22O4/c1-5-16-10(14)9-13(7-6-8-13)11(15)17-12(2,3)4/h5-9H2,1-4H3. The van der Waals surface area contributed by atoms with Crippen LogP contribution in [0.2, 0.25) is 0 Å². The first-order chi connectivity index (χ1) is 7.79. The molecule has 1 rings (SSSR count). The van der Waals surface area contributed by atoms with Crippen LogP contribution in [0.15, 0.2) is 0 Å². The molecule has 0 aromatic rings. The molecule has 0 saturated heterocycles. The van der Waals surface area contributed by atoms with Gasteiger partial charge in [-0.3, -0.25) is 9.59 Å². The Morgan fingerprint density at radius 2 is 1.82 bits per heavy atom. The van der Waals surface area contributed by atoms with Crippen LogP contribution in [-0.2, 0) is 19.1 Å². The SMILES string of the molecule is CCOC(=O)CC1(C(=O)OC(C)(C)C)CCC1. The van der Waals surface area contributed by atoms with Crippen LogP contribution in [0.3, 0.4) is 0 Å². The average molecular weight is 242 g/mol. The summed E-state index contributed by atoms with van der Waals surface area (Å²) in [6, 6.07) is 0. The molecule has 0 bridgehead atoms. The number of carbonyl (C=O) groups excluding carboxylic acids is 2. The van der Waals surface area contributed by atoms with E-state index in [1.165, 1.54) is 0 Å². The first kappa shape index (κ1) is 14.0. The predicted octanol–water partition coefficient (Wildman–Crippen LogP) is 2.45. The van der Waals surface area contributed by atoms with E-state index >= 15 is 0 Å². The van der Waals surface area contributed by atoms with Gasteiger partial charge >= 0.3 is 11.9 Å². The van der Waals surface area contributed by atoms with E-state index in [-0.39, 0.29) is 18.4 Å². The zero-order chi connectivity index (χ0) is 13.1. The van der Waals surface area contributed by atoms with Gasteiger partial charge in [-0.05, 0) is 40.5 Å². The molecule has 1 aliphatic rings. The third-order valence-electron chi connectivity index (χ3n) is 2.93. The van der Waals surface area contributed by atoms with E-state index < -0.39 is 11.0 Å². The number of rotatable bonds is 4. The van der Waals surface area contributed by atoms with E-state index in [1.54, 1.807) is 6.92 Å². The topological polar surface area (TPSA) is 52.6 Å². The summed E-state index contributed by atoms with van der Waals surface area (Å²) >= 11 is 0. The summed E-state index contributed by atoms with van der Waals surface area (Å²) in [5.41, 5.74) is -1.13. The molecule has 98 valence electrons. The van der Waals surface area contributed by atoms with Crippen molar-refractivity contribution in [3.8, 4) is 0 Å². The normalized spacial score (nSPS) is 18.1. The molecule has 0 radical (unpaired) electrons. The highest BCUT2D eigenvalue weighted by molar-refractivity contribution is 5.84. The van der Waals surface area contributed by atoms with Gasteiger partial charge in [0, 0.05) is 0 Å². The summed E-state index contributed by atoms with van der Waals surface area (Å²) in [6.07, 6.45) is 2.57. The maximum atomic E-state index is 12.1. The van der Waals surface area contributed by atoms with Crippen molar-refractivity contribution in [2.45, 2.75) is 59.0 Å². The Balaban J connectivity index is 2.62. The van der Waals surface area contributed by atoms with Gasteiger partial charge in [-0.1, -0.05) is 6.42 Å². The maximum absolute atomic E-state index is 12.1. The molecule has 1 saturated carbocycles. The monoisotopic (exact) mass is 242 g/mol. The molecule has 0 heterocycles. The van der Waals surface area contributed by atoms with Gasteiger partial charge in [-0.2, -0.15) is 0 Å². The van der Waals surface area contributed by atoms with Gasteiger partial charge in [-0.25, -0.2) is 0 Å². The Bertz CT molecular complexity index is 297. The molecule has 1 fully saturated rings. The fourth-order valence-corrected chi connectivity index (χ4v) is 1.93. The molecule has 0 amide bonds. The minimum absolute atomic E-state index is 0.149. The quantitative estimate of drug-likeness (QED) is 0.710. The minimum atomic E-state index is -0.625. The van der Waals surface area contributed by atoms with Crippen molar-refractivity contribution in [1.29, 1.82) is 0 Å². The molecule has 0 unspecified atom stereocenters. The Labute approximate surface area is 103 Å². The molecule has 4 heteroatoms. The number of esters is 2. The highest BCUT2D eigenvalue weighted by Gasteiger charge is 2.48. The second-order valence-electron chi connectivity index (χ2n) is 5.62. The molecule has 0 spiro atoms. The second-order valence-corrected chi connectivity index (χ2v) is 5.62. The van der Waals surface area contributed by atoms with Crippen LogP contribution >= 0.6 is 0 Å². The maximum Gasteiger partial charge on any atom is 0.313 e. The first-order valence-electron chi connectivity index (χ1n) is 6.18. The van der Waals surface area contributed by atoms with Crippen LogP contribution in [0.1, 0.15) is 53.4 Å². The van der Waals surface area contributed by atoms with Gasteiger partial charge in [0.2, 0.25) is 0 Å². The van der Waals surface area contributed by atoms with Crippen molar-refractivity contribution in [1.82, 2.24) is 0 Å². The summed E-state index contributed by atoms with van der Waals surface area (Å²) in [5.74, 6) is -0.567. The average Bonchev–Trinajstić information content (AvgIpc) is 2.08. The Kier molecular flexibility index (Phi) is 4.17. The fourth-order valence-electron chi connectivity index (χ4n) is 1.93. The lowest BCUT2D eigenvalue weighted by Crippen LogP contribution is -2.44. The second kappa shape index (κ2) is 5.07. The highest BCUT2D eigenvalue weighted by atomic mass is 16.6. The zero-order valence-corrected chi connectivity index (χ0v) is 11.2. The summed E-state index contributed by atoms with van der Waals surface area (Å²) in [7, 11) is 0. The van der Waals surface area contributed by atoms with Crippen LogP contribution < -0.4 is 0 Å². The molecular weight excluding hydrogens is 220 g/mol. The highest BCUT2D eigenvalue weighted by Crippen LogP contribution is 2.46. The summed E-state index contributed by atoms with van der Waals surface area (Å²) in [6.45, 7) is 7.62. The summed E-state index contributed by atoms with van der Waals surface area (Å²) in [4.78, 5) is 23.6. The smallest absolute Gasteiger partial charge is 0.313 e. The van der Waals surface area contributed by atoms with Crippen LogP contribution in [0.25, 0.3) is 0 Å². The van der Waals surface area contributed by atoms with E-state index in [4.69, 9.17) is 9.47 Å². The van der Waals surface area contributed by atoms with Gasteiger partial charge < -0.3 is 9.47 Å². The van der Waals surface area contributed by atoms with Crippen molar-refractivity contribution in [2.75, 3.05) is 6.61 Å². The lowest BCUT2D eigenvalue weighted by Gasteiger charge is -2.40. The van der Waals surface area contributed by atoms with E-state index in [0.29, 0.717) is 6.61 Å². The van der Waals surface area contributed by atoms with Crippen LogP contribution in [0.4, 0.5) is 0 Å². The molecule has 1 aliphatic carbocycles. The molecule has 0 N–H and O–H groups in total. The number of carbonyl (C=O) groups is 2. The Hall–Kier alpha value is -1.06. The first-order valence-corrected chi connectivity index (χ1v) is 6.18. The molecule has 0 aromatic carbocycles. The van der Waals surface area contributed by atoms with Gasteiger partial charge in [0.1, 0.15) is 5.60 Å². The summed E-state index contributed by atoms with van der Waals surface area (Å²) in [5, 5.41) is 0. The molecule has 0 atom stereocenters. The number of ether oxygens (including phenoxy) is 2. The lowest BCUT2D eigenvalue weighted by molar-refractivity contribution is -0.178. The number of hydrogen-bond acceptors (Lipinski definition) is 4. The lowest BCUT2D eigenvalue weighted by atomic mass is 9.66. The van der Waals surface area contributed by atoms with Crippen molar-refractivity contribution in [3.05, 3.63) is 0 Å². The summed E-state index contributed by atoms with van der Waals surface area (Å²) < 4.78 is 10.3. The molecule has 17 heavy (non-hydrogen) atoms. The van der Waals surface area contributed by atoms with E-state index in [1.807, 2.05) is 20.8 Å². The van der Waals surface area contributed by atoms with Gasteiger partial charge in [0.15, 0.2) is 0 Å². The molecule has 0 aromatic heterocycles. The van der Waals surface area contributed by atoms with Gasteiger partial charge in [0.25, 0.3) is 0 Å². The predicted molar refractivity (Wildman–Crippen MR) is 63.4 cm³/mol.